The van der Waals surface area contributed by atoms with E-state index in [0.29, 0.717) is 0 Å². The van der Waals surface area contributed by atoms with E-state index in [4.69, 9.17) is 0 Å². The van der Waals surface area contributed by atoms with Crippen LogP contribution in [-0.2, 0) is 0 Å². The number of hydrogen-bond acceptors (Lipinski definition) is 1. The third kappa shape index (κ3) is 1.47. The Balaban J connectivity index is 0.000000457. The second kappa shape index (κ2) is 3.97. The quantitative estimate of drug-likeness (QED) is 0.603. The Morgan fingerprint density at radius 3 is 2.62 bits per heavy atom. The molecule has 0 spiro atoms. The fourth-order valence-corrected chi connectivity index (χ4v) is 1.88. The summed E-state index contributed by atoms with van der Waals surface area (Å²) in [4.78, 5) is 0. The van der Waals surface area contributed by atoms with Crippen molar-refractivity contribution in [3.8, 4) is 5.69 Å². The van der Waals surface area contributed by atoms with Gasteiger partial charge in [0.15, 0.2) is 0 Å². The van der Waals surface area contributed by atoms with Gasteiger partial charge in [-0.1, -0.05) is 32.6 Å². The molecule has 0 saturated carbocycles. The molecule has 0 radical (unpaired) electrons. The minimum absolute atomic E-state index is 1.16. The molecule has 0 fully saturated rings. The van der Waals surface area contributed by atoms with Crippen molar-refractivity contribution in [2.24, 2.45) is 0 Å². The fraction of sp³-hybridized carbons (Fsp3) is 0.214. The summed E-state index contributed by atoms with van der Waals surface area (Å²) in [7, 11) is 0. The number of benzene rings is 1. The van der Waals surface area contributed by atoms with E-state index < -0.39 is 0 Å². The Morgan fingerprint density at radius 2 is 2.00 bits per heavy atom. The lowest BCUT2D eigenvalue weighted by Crippen LogP contribution is -1.96. The monoisotopic (exact) mass is 212 g/mol. The first-order valence-electron chi connectivity index (χ1n) is 5.62. The van der Waals surface area contributed by atoms with E-state index in [1.54, 1.807) is 6.20 Å². The molecule has 16 heavy (non-hydrogen) atoms. The maximum atomic E-state index is 4.25. The zero-order chi connectivity index (χ0) is 11.7. The van der Waals surface area contributed by atoms with Crippen molar-refractivity contribution >= 4 is 5.57 Å². The van der Waals surface area contributed by atoms with E-state index in [1.165, 1.54) is 22.4 Å². The highest BCUT2D eigenvalue weighted by molar-refractivity contribution is 6.03. The molecule has 1 aromatic heterocycles. The van der Waals surface area contributed by atoms with Crippen molar-refractivity contribution in [1.29, 1.82) is 0 Å². The Labute approximate surface area is 96.2 Å². The number of aromatic nitrogens is 2. The molecule has 1 heterocycles. The lowest BCUT2D eigenvalue weighted by Gasteiger charge is -2.03. The molecule has 1 aromatic carbocycles. The standard InChI is InChI=1S/C12H10N2.C2H6/c1-8-4-5-10-9(2)11(10)12(8)14-7-3-6-13-14;1-2/h3-7H,2H2,1H3;1-2H3. The molecule has 1 aliphatic carbocycles. The summed E-state index contributed by atoms with van der Waals surface area (Å²) < 4.78 is 1.91. The van der Waals surface area contributed by atoms with Gasteiger partial charge >= 0.3 is 0 Å². The van der Waals surface area contributed by atoms with Gasteiger partial charge in [0.2, 0.25) is 0 Å². The molecule has 0 N–H and O–H groups in total. The van der Waals surface area contributed by atoms with Gasteiger partial charge in [-0.3, -0.25) is 0 Å². The van der Waals surface area contributed by atoms with E-state index in [1.807, 2.05) is 30.8 Å². The van der Waals surface area contributed by atoms with Crippen molar-refractivity contribution in [2.75, 3.05) is 0 Å². The third-order valence-corrected chi connectivity index (χ3v) is 2.68. The predicted molar refractivity (Wildman–Crippen MR) is 67.8 cm³/mol. The summed E-state index contributed by atoms with van der Waals surface area (Å²) in [6.45, 7) is 10.1. The van der Waals surface area contributed by atoms with Gasteiger partial charge in [-0.2, -0.15) is 5.10 Å². The number of rotatable bonds is 1. The van der Waals surface area contributed by atoms with Crippen LogP contribution in [-0.4, -0.2) is 9.78 Å². The molecule has 2 nitrogen and oxygen atoms in total. The van der Waals surface area contributed by atoms with Gasteiger partial charge in [-0.25, -0.2) is 4.68 Å². The normalized spacial score (nSPS) is 11.6. The highest BCUT2D eigenvalue weighted by Gasteiger charge is 2.28. The second-order valence-electron chi connectivity index (χ2n) is 3.58. The molecule has 82 valence electrons. The third-order valence-electron chi connectivity index (χ3n) is 2.68. The van der Waals surface area contributed by atoms with E-state index in [-0.39, 0.29) is 0 Å². The van der Waals surface area contributed by atoms with Crippen LogP contribution in [0.5, 0.6) is 0 Å². The fourth-order valence-electron chi connectivity index (χ4n) is 1.88. The molecule has 0 atom stereocenters. The first-order chi connectivity index (χ1) is 7.79. The number of nitrogens with zero attached hydrogens (tertiary/aromatic N) is 2. The van der Waals surface area contributed by atoms with Gasteiger partial charge in [0.25, 0.3) is 0 Å². The van der Waals surface area contributed by atoms with Crippen LogP contribution < -0.4 is 0 Å². The van der Waals surface area contributed by atoms with Crippen LogP contribution in [0.25, 0.3) is 11.3 Å². The van der Waals surface area contributed by atoms with Gasteiger partial charge in [-0.15, -0.1) is 0 Å². The second-order valence-corrected chi connectivity index (χ2v) is 3.58. The number of aryl methyl sites for hydroxylation is 1. The zero-order valence-electron chi connectivity index (χ0n) is 9.99. The Hall–Kier alpha value is -1.83. The Morgan fingerprint density at radius 1 is 1.25 bits per heavy atom. The maximum Gasteiger partial charge on any atom is 0.0759 e. The summed E-state index contributed by atoms with van der Waals surface area (Å²) >= 11 is 0. The molecule has 1 aliphatic rings. The molecule has 0 aliphatic heterocycles. The topological polar surface area (TPSA) is 17.8 Å². The largest absolute Gasteiger partial charge is 0.240 e. The van der Waals surface area contributed by atoms with Crippen molar-refractivity contribution in [1.82, 2.24) is 9.78 Å². The first kappa shape index (κ1) is 10.7. The molecule has 3 rings (SSSR count). The van der Waals surface area contributed by atoms with Crippen LogP contribution in [0.15, 0.2) is 37.2 Å². The molecule has 0 saturated heterocycles. The van der Waals surface area contributed by atoms with Gasteiger partial charge in [-0.05, 0) is 29.7 Å². The minimum Gasteiger partial charge on any atom is -0.240 e. The van der Waals surface area contributed by atoms with E-state index in [2.05, 4.69) is 30.7 Å². The van der Waals surface area contributed by atoms with Crippen molar-refractivity contribution in [3.63, 3.8) is 0 Å². The van der Waals surface area contributed by atoms with Crippen LogP contribution in [0.3, 0.4) is 0 Å². The van der Waals surface area contributed by atoms with Crippen molar-refractivity contribution in [3.05, 3.63) is 53.9 Å². The van der Waals surface area contributed by atoms with Crippen molar-refractivity contribution < 1.29 is 0 Å². The molecule has 2 aromatic rings. The molecule has 0 unspecified atom stereocenters. The number of fused-ring (bicyclic) bond motifs is 1. The summed E-state index contributed by atoms with van der Waals surface area (Å²) in [5.41, 5.74) is 6.13. The summed E-state index contributed by atoms with van der Waals surface area (Å²) in [6.07, 6.45) is 3.76. The molecule has 2 heteroatoms. The Bertz CT molecular complexity index is 522. The van der Waals surface area contributed by atoms with Gasteiger partial charge in [0.05, 0.1) is 5.69 Å². The highest BCUT2D eigenvalue weighted by Crippen LogP contribution is 2.45. The molecular formula is C14H16N2. The predicted octanol–water partition coefficient (Wildman–Crippen LogP) is 3.58. The lowest BCUT2D eigenvalue weighted by atomic mass is 10.2. The average Bonchev–Trinajstić information content (AvgIpc) is 2.77. The SMILES string of the molecule is C=C1c2ccc(C)c(-n3cccn3)c21.CC. The summed E-state index contributed by atoms with van der Waals surface area (Å²) in [5.74, 6) is 0. The molecule has 0 amide bonds. The zero-order valence-corrected chi connectivity index (χ0v) is 9.99. The molecular weight excluding hydrogens is 196 g/mol. The lowest BCUT2D eigenvalue weighted by molar-refractivity contribution is 0.873. The van der Waals surface area contributed by atoms with Gasteiger partial charge in [0.1, 0.15) is 0 Å². The number of hydrogen-bond donors (Lipinski definition) is 0. The van der Waals surface area contributed by atoms with E-state index >= 15 is 0 Å². The Kier molecular flexibility index (Phi) is 2.65. The maximum absolute atomic E-state index is 4.25. The van der Waals surface area contributed by atoms with Crippen LogP contribution in [0.2, 0.25) is 0 Å². The van der Waals surface area contributed by atoms with Crippen LogP contribution in [0, 0.1) is 6.92 Å². The summed E-state index contributed by atoms with van der Waals surface area (Å²) in [5, 5.41) is 4.25. The van der Waals surface area contributed by atoms with Crippen LogP contribution >= 0.6 is 0 Å². The first-order valence-corrected chi connectivity index (χ1v) is 5.62. The molecule has 0 bridgehead atoms. The summed E-state index contributed by atoms with van der Waals surface area (Å²) in [6, 6.07) is 6.18. The van der Waals surface area contributed by atoms with Gasteiger partial charge < -0.3 is 0 Å². The van der Waals surface area contributed by atoms with Crippen molar-refractivity contribution in [2.45, 2.75) is 20.8 Å². The van der Waals surface area contributed by atoms with E-state index in [9.17, 15) is 0 Å². The highest BCUT2D eigenvalue weighted by atomic mass is 15.3. The average molecular weight is 212 g/mol. The smallest absolute Gasteiger partial charge is 0.0759 e. The van der Waals surface area contributed by atoms with Crippen LogP contribution in [0.1, 0.15) is 30.5 Å². The van der Waals surface area contributed by atoms with E-state index in [0.717, 1.165) is 5.57 Å². The minimum atomic E-state index is 1.16. The van der Waals surface area contributed by atoms with Gasteiger partial charge in [0, 0.05) is 18.0 Å². The van der Waals surface area contributed by atoms with Crippen LogP contribution in [0.4, 0.5) is 0 Å².